The van der Waals surface area contributed by atoms with Crippen LogP contribution in [-0.2, 0) is 13.0 Å². The predicted octanol–water partition coefficient (Wildman–Crippen LogP) is 2.52. The van der Waals surface area contributed by atoms with Crippen molar-refractivity contribution < 1.29 is 4.74 Å². The summed E-state index contributed by atoms with van der Waals surface area (Å²) in [5.41, 5.74) is 1.49. The quantitative estimate of drug-likeness (QED) is 0.743. The number of rotatable bonds is 4. The highest BCUT2D eigenvalue weighted by atomic mass is 16.5. The van der Waals surface area contributed by atoms with Crippen molar-refractivity contribution in [3.8, 4) is 11.8 Å². The van der Waals surface area contributed by atoms with Crippen LogP contribution in [0, 0.1) is 11.3 Å². The van der Waals surface area contributed by atoms with Crippen molar-refractivity contribution in [3.63, 3.8) is 0 Å². The highest BCUT2D eigenvalue weighted by molar-refractivity contribution is 5.83. The van der Waals surface area contributed by atoms with Crippen LogP contribution >= 0.6 is 0 Å². The maximum Gasteiger partial charge on any atom is 0.275 e. The molecule has 0 aliphatic carbocycles. The van der Waals surface area contributed by atoms with Gasteiger partial charge in [0.15, 0.2) is 0 Å². The lowest BCUT2D eigenvalue weighted by Crippen LogP contribution is -2.24. The van der Waals surface area contributed by atoms with Gasteiger partial charge >= 0.3 is 0 Å². The first-order valence-corrected chi connectivity index (χ1v) is 7.22. The molecule has 0 saturated heterocycles. The predicted molar refractivity (Wildman–Crippen MR) is 87.4 cm³/mol. The molecular weight excluding hydrogens is 290 g/mol. The van der Waals surface area contributed by atoms with Gasteiger partial charge in [-0.05, 0) is 12.1 Å². The average molecular weight is 305 g/mol. The SMILES string of the molecule is COc1ccccc1Cc1nn(CC#N)c(=O)c2ccccc12. The summed E-state index contributed by atoms with van der Waals surface area (Å²) in [5.74, 6) is 0.774. The van der Waals surface area contributed by atoms with Crippen LogP contribution in [0.4, 0.5) is 0 Å². The van der Waals surface area contributed by atoms with E-state index in [0.29, 0.717) is 11.8 Å². The van der Waals surface area contributed by atoms with Gasteiger partial charge in [-0.25, -0.2) is 4.68 Å². The summed E-state index contributed by atoms with van der Waals surface area (Å²) in [5, 5.41) is 14.7. The van der Waals surface area contributed by atoms with Crippen molar-refractivity contribution in [2.75, 3.05) is 7.11 Å². The lowest BCUT2D eigenvalue weighted by atomic mass is 10.0. The van der Waals surface area contributed by atoms with Gasteiger partial charge in [0, 0.05) is 17.4 Å². The average Bonchev–Trinajstić information content (AvgIpc) is 2.59. The molecule has 3 aromatic rings. The lowest BCUT2D eigenvalue weighted by Gasteiger charge is -2.11. The summed E-state index contributed by atoms with van der Waals surface area (Å²) in [7, 11) is 1.63. The van der Waals surface area contributed by atoms with Gasteiger partial charge in [0.25, 0.3) is 5.56 Å². The summed E-state index contributed by atoms with van der Waals surface area (Å²) in [6.07, 6.45) is 0.524. The highest BCUT2D eigenvalue weighted by Gasteiger charge is 2.12. The van der Waals surface area contributed by atoms with Crippen molar-refractivity contribution in [3.05, 3.63) is 70.1 Å². The van der Waals surface area contributed by atoms with Crippen molar-refractivity contribution >= 4 is 10.8 Å². The molecule has 114 valence electrons. The molecule has 0 spiro atoms. The van der Waals surface area contributed by atoms with Crippen molar-refractivity contribution in [2.24, 2.45) is 0 Å². The molecule has 0 amide bonds. The fourth-order valence-corrected chi connectivity index (χ4v) is 2.64. The Kier molecular flexibility index (Phi) is 4.07. The van der Waals surface area contributed by atoms with Gasteiger partial charge in [-0.1, -0.05) is 36.4 Å². The van der Waals surface area contributed by atoms with Crippen LogP contribution in [0.1, 0.15) is 11.3 Å². The van der Waals surface area contributed by atoms with Gasteiger partial charge < -0.3 is 4.74 Å². The van der Waals surface area contributed by atoms with Crippen LogP contribution < -0.4 is 10.3 Å². The minimum atomic E-state index is -0.245. The largest absolute Gasteiger partial charge is 0.496 e. The number of hydrogen-bond acceptors (Lipinski definition) is 4. The summed E-state index contributed by atoms with van der Waals surface area (Å²) >= 11 is 0. The first-order chi connectivity index (χ1) is 11.2. The van der Waals surface area contributed by atoms with Crippen LogP contribution in [0.15, 0.2) is 53.3 Å². The van der Waals surface area contributed by atoms with Gasteiger partial charge in [0.1, 0.15) is 12.3 Å². The minimum Gasteiger partial charge on any atom is -0.496 e. The first kappa shape index (κ1) is 14.8. The molecule has 5 nitrogen and oxygen atoms in total. The third kappa shape index (κ3) is 2.79. The Morgan fingerprint density at radius 3 is 2.57 bits per heavy atom. The van der Waals surface area contributed by atoms with E-state index >= 15 is 0 Å². The molecule has 0 fully saturated rings. The summed E-state index contributed by atoms with van der Waals surface area (Å²) in [4.78, 5) is 12.4. The number of methoxy groups -OCH3 is 1. The molecule has 0 N–H and O–H groups in total. The van der Waals surface area contributed by atoms with E-state index in [1.54, 1.807) is 13.2 Å². The Hall–Kier alpha value is -3.13. The fraction of sp³-hybridized carbons (Fsp3) is 0.167. The van der Waals surface area contributed by atoms with Crippen LogP contribution in [0.3, 0.4) is 0 Å². The molecule has 23 heavy (non-hydrogen) atoms. The molecule has 1 heterocycles. The van der Waals surface area contributed by atoms with E-state index in [1.807, 2.05) is 48.5 Å². The van der Waals surface area contributed by atoms with E-state index in [2.05, 4.69) is 5.10 Å². The zero-order valence-electron chi connectivity index (χ0n) is 12.7. The number of hydrogen-bond donors (Lipinski definition) is 0. The lowest BCUT2D eigenvalue weighted by molar-refractivity contribution is 0.410. The smallest absolute Gasteiger partial charge is 0.275 e. The number of nitriles is 1. The maximum atomic E-state index is 12.4. The van der Waals surface area contributed by atoms with Gasteiger partial charge in [-0.2, -0.15) is 10.4 Å². The van der Waals surface area contributed by atoms with Crippen LogP contribution in [0.5, 0.6) is 5.75 Å². The number of para-hydroxylation sites is 1. The van der Waals surface area contributed by atoms with Crippen LogP contribution in [0.2, 0.25) is 0 Å². The maximum absolute atomic E-state index is 12.4. The molecule has 2 aromatic carbocycles. The molecule has 0 radical (unpaired) electrons. The van der Waals surface area contributed by atoms with E-state index < -0.39 is 0 Å². The second kappa shape index (κ2) is 6.32. The monoisotopic (exact) mass is 305 g/mol. The normalized spacial score (nSPS) is 10.4. The van der Waals surface area contributed by atoms with Crippen LogP contribution in [0.25, 0.3) is 10.8 Å². The van der Waals surface area contributed by atoms with Gasteiger partial charge in [0.05, 0.1) is 24.3 Å². The Morgan fingerprint density at radius 1 is 1.13 bits per heavy atom. The van der Waals surface area contributed by atoms with E-state index in [0.717, 1.165) is 22.4 Å². The molecule has 0 aliphatic rings. The molecule has 0 aliphatic heterocycles. The van der Waals surface area contributed by atoms with E-state index in [-0.39, 0.29) is 12.1 Å². The molecule has 1 aromatic heterocycles. The number of ether oxygens (including phenoxy) is 1. The molecule has 0 bridgehead atoms. The second-order valence-electron chi connectivity index (χ2n) is 5.10. The fourth-order valence-electron chi connectivity index (χ4n) is 2.64. The number of benzene rings is 2. The zero-order valence-corrected chi connectivity index (χ0v) is 12.7. The molecule has 5 heteroatoms. The standard InChI is InChI=1S/C18H15N3O2/c1-23-17-9-5-2-6-13(17)12-16-14-7-3-4-8-15(14)18(22)21(20-16)11-10-19/h2-9H,11-12H2,1H3. The van der Waals surface area contributed by atoms with Crippen molar-refractivity contribution in [1.82, 2.24) is 9.78 Å². The Balaban J connectivity index is 2.19. The summed E-state index contributed by atoms with van der Waals surface area (Å²) < 4.78 is 6.60. The Bertz CT molecular complexity index is 954. The number of nitrogens with zero attached hydrogens (tertiary/aromatic N) is 3. The third-order valence-corrected chi connectivity index (χ3v) is 3.72. The second-order valence-corrected chi connectivity index (χ2v) is 5.10. The molecule has 3 rings (SSSR count). The van der Waals surface area contributed by atoms with Gasteiger partial charge in [0.2, 0.25) is 0 Å². The van der Waals surface area contributed by atoms with Gasteiger partial charge in [-0.3, -0.25) is 4.79 Å². The summed E-state index contributed by atoms with van der Waals surface area (Å²) in [6, 6.07) is 17.0. The zero-order chi connectivity index (χ0) is 16.2. The van der Waals surface area contributed by atoms with E-state index in [1.165, 1.54) is 4.68 Å². The Morgan fingerprint density at radius 2 is 1.83 bits per heavy atom. The van der Waals surface area contributed by atoms with E-state index in [4.69, 9.17) is 10.00 Å². The number of aromatic nitrogens is 2. The molecule has 0 saturated carbocycles. The molecular formula is C18H15N3O2. The summed E-state index contributed by atoms with van der Waals surface area (Å²) in [6.45, 7) is -0.0669. The Labute approximate surface area is 133 Å². The van der Waals surface area contributed by atoms with Crippen molar-refractivity contribution in [2.45, 2.75) is 13.0 Å². The first-order valence-electron chi connectivity index (χ1n) is 7.22. The molecule has 0 unspecified atom stereocenters. The minimum absolute atomic E-state index is 0.0669. The van der Waals surface area contributed by atoms with E-state index in [9.17, 15) is 4.79 Å². The number of fused-ring (bicyclic) bond motifs is 1. The molecule has 0 atom stereocenters. The third-order valence-electron chi connectivity index (χ3n) is 3.72. The topological polar surface area (TPSA) is 67.9 Å². The highest BCUT2D eigenvalue weighted by Crippen LogP contribution is 2.23. The van der Waals surface area contributed by atoms with Crippen LogP contribution in [-0.4, -0.2) is 16.9 Å². The van der Waals surface area contributed by atoms with Crippen molar-refractivity contribution in [1.29, 1.82) is 5.26 Å². The van der Waals surface area contributed by atoms with Gasteiger partial charge in [-0.15, -0.1) is 0 Å².